The van der Waals surface area contributed by atoms with Crippen LogP contribution in [0.2, 0.25) is 5.02 Å². The summed E-state index contributed by atoms with van der Waals surface area (Å²) in [6.07, 6.45) is 3.27. The molecule has 5 nitrogen and oxygen atoms in total. The number of nitrogens with one attached hydrogen (secondary N) is 1. The van der Waals surface area contributed by atoms with Gasteiger partial charge in [-0.2, -0.15) is 18.4 Å². The van der Waals surface area contributed by atoms with Crippen molar-refractivity contribution in [3.8, 4) is 0 Å². The number of pyridine rings is 1. The van der Waals surface area contributed by atoms with Gasteiger partial charge >= 0.3 is 0 Å². The summed E-state index contributed by atoms with van der Waals surface area (Å²) in [5.41, 5.74) is 1.95. The van der Waals surface area contributed by atoms with E-state index in [9.17, 15) is 8.42 Å². The molecular weight excluding hydrogens is 358 g/mol. The number of hydrazone groups is 1. The molecule has 1 aromatic heterocycles. The summed E-state index contributed by atoms with van der Waals surface area (Å²) in [6.45, 7) is 0. The van der Waals surface area contributed by atoms with Crippen molar-refractivity contribution in [3.05, 3.63) is 95.3 Å². The van der Waals surface area contributed by atoms with Crippen molar-refractivity contribution in [3.63, 3.8) is 0 Å². The van der Waals surface area contributed by atoms with Crippen molar-refractivity contribution in [1.82, 2.24) is 9.82 Å². The highest BCUT2D eigenvalue weighted by molar-refractivity contribution is 7.89. The molecule has 3 aromatic rings. The van der Waals surface area contributed by atoms with Gasteiger partial charge < -0.3 is 0 Å². The van der Waals surface area contributed by atoms with E-state index in [0.29, 0.717) is 16.3 Å². The number of benzene rings is 2. The third kappa shape index (κ3) is 4.23. The van der Waals surface area contributed by atoms with Gasteiger partial charge in [0.15, 0.2) is 0 Å². The summed E-state index contributed by atoms with van der Waals surface area (Å²) in [5.74, 6) is 0. The lowest BCUT2D eigenvalue weighted by molar-refractivity contribution is 0.584. The molecule has 0 aliphatic heterocycles. The van der Waals surface area contributed by atoms with Crippen LogP contribution in [0.4, 0.5) is 0 Å². The van der Waals surface area contributed by atoms with Gasteiger partial charge in [-0.05, 0) is 36.4 Å². The van der Waals surface area contributed by atoms with Crippen molar-refractivity contribution >= 4 is 27.3 Å². The number of sulfonamides is 1. The third-order valence-electron chi connectivity index (χ3n) is 3.38. The average Bonchev–Trinajstić information content (AvgIpc) is 2.64. The summed E-state index contributed by atoms with van der Waals surface area (Å²) in [4.78, 5) is 6.43. The van der Waals surface area contributed by atoms with Crippen LogP contribution in [-0.4, -0.2) is 19.1 Å². The molecule has 0 spiro atoms. The fourth-order valence-electron chi connectivity index (χ4n) is 2.17. The van der Waals surface area contributed by atoms with E-state index in [-0.39, 0.29) is 4.90 Å². The van der Waals surface area contributed by atoms with Crippen LogP contribution in [0.15, 0.2) is 89.1 Å². The largest absolute Gasteiger partial charge is 0.276 e. The Morgan fingerprint density at radius 1 is 0.920 bits per heavy atom. The fourth-order valence-corrected chi connectivity index (χ4v) is 3.10. The number of hydrogen-bond acceptors (Lipinski definition) is 4. The van der Waals surface area contributed by atoms with Crippen molar-refractivity contribution in [2.24, 2.45) is 5.10 Å². The molecular formula is C18H14ClN3O2S. The van der Waals surface area contributed by atoms with Crippen molar-refractivity contribution in [1.29, 1.82) is 0 Å². The SMILES string of the molecule is O=S(=O)(N/N=C(\c1ccccc1)c1cccnc1)c1ccc(Cl)cc1. The van der Waals surface area contributed by atoms with Crippen LogP contribution < -0.4 is 4.83 Å². The van der Waals surface area contributed by atoms with E-state index in [1.165, 1.54) is 24.3 Å². The molecule has 0 fully saturated rings. The van der Waals surface area contributed by atoms with Gasteiger partial charge in [0.1, 0.15) is 5.71 Å². The highest BCUT2D eigenvalue weighted by Crippen LogP contribution is 2.15. The number of rotatable bonds is 5. The minimum absolute atomic E-state index is 0.0826. The van der Waals surface area contributed by atoms with Crippen LogP contribution in [0.3, 0.4) is 0 Å². The second-order valence-corrected chi connectivity index (χ2v) is 7.21. The molecule has 0 atom stereocenters. The molecule has 0 radical (unpaired) electrons. The molecule has 0 saturated carbocycles. The molecule has 2 aromatic carbocycles. The zero-order valence-corrected chi connectivity index (χ0v) is 14.6. The Morgan fingerprint density at radius 2 is 1.60 bits per heavy atom. The lowest BCUT2D eigenvalue weighted by atomic mass is 10.0. The normalized spacial score (nSPS) is 12.0. The van der Waals surface area contributed by atoms with Crippen molar-refractivity contribution in [2.45, 2.75) is 4.90 Å². The molecule has 7 heteroatoms. The topological polar surface area (TPSA) is 71.4 Å². The van der Waals surface area contributed by atoms with Gasteiger partial charge in [0.25, 0.3) is 10.0 Å². The van der Waals surface area contributed by atoms with Crippen molar-refractivity contribution in [2.75, 3.05) is 0 Å². The number of halogens is 1. The van der Waals surface area contributed by atoms with Crippen LogP contribution in [0.1, 0.15) is 11.1 Å². The summed E-state index contributed by atoms with van der Waals surface area (Å²) in [6, 6.07) is 18.7. The summed E-state index contributed by atoms with van der Waals surface area (Å²) in [7, 11) is -3.80. The molecule has 3 rings (SSSR count). The zero-order valence-electron chi connectivity index (χ0n) is 13.0. The zero-order chi connectivity index (χ0) is 17.7. The van der Waals surface area contributed by atoms with Crippen LogP contribution in [-0.2, 0) is 10.0 Å². The number of aromatic nitrogens is 1. The highest BCUT2D eigenvalue weighted by Gasteiger charge is 2.14. The van der Waals surface area contributed by atoms with E-state index in [1.807, 2.05) is 36.4 Å². The first-order chi connectivity index (χ1) is 12.1. The maximum absolute atomic E-state index is 12.4. The van der Waals surface area contributed by atoms with E-state index in [1.54, 1.807) is 18.5 Å². The summed E-state index contributed by atoms with van der Waals surface area (Å²) < 4.78 is 24.9. The Morgan fingerprint density at radius 3 is 2.24 bits per heavy atom. The molecule has 0 saturated heterocycles. The van der Waals surface area contributed by atoms with Gasteiger partial charge in [0.2, 0.25) is 0 Å². The number of nitrogens with zero attached hydrogens (tertiary/aromatic N) is 2. The van der Waals surface area contributed by atoms with Gasteiger partial charge in [-0.3, -0.25) is 4.98 Å². The fraction of sp³-hybridized carbons (Fsp3) is 0. The second-order valence-electron chi connectivity index (χ2n) is 5.12. The lowest BCUT2D eigenvalue weighted by Crippen LogP contribution is -2.21. The molecule has 25 heavy (non-hydrogen) atoms. The Bertz CT molecular complexity index is 932. The Labute approximate surface area is 151 Å². The molecule has 0 bridgehead atoms. The quantitative estimate of drug-likeness (QED) is 0.551. The van der Waals surface area contributed by atoms with Gasteiger partial charge in [-0.15, -0.1) is 0 Å². The maximum atomic E-state index is 12.4. The first kappa shape index (κ1) is 17.1. The highest BCUT2D eigenvalue weighted by atomic mass is 35.5. The Kier molecular flexibility index (Phi) is 5.11. The predicted molar refractivity (Wildman–Crippen MR) is 98.1 cm³/mol. The third-order valence-corrected chi connectivity index (χ3v) is 4.86. The lowest BCUT2D eigenvalue weighted by Gasteiger charge is -2.09. The van der Waals surface area contributed by atoms with Crippen LogP contribution in [0.25, 0.3) is 0 Å². The second kappa shape index (κ2) is 7.46. The van der Waals surface area contributed by atoms with E-state index >= 15 is 0 Å². The van der Waals surface area contributed by atoms with E-state index in [4.69, 9.17) is 11.6 Å². The molecule has 0 unspecified atom stereocenters. The minimum Gasteiger partial charge on any atom is -0.264 e. The van der Waals surface area contributed by atoms with Gasteiger partial charge in [-0.1, -0.05) is 41.9 Å². The predicted octanol–water partition coefficient (Wildman–Crippen LogP) is 3.47. The first-order valence-electron chi connectivity index (χ1n) is 7.37. The van der Waals surface area contributed by atoms with E-state index in [2.05, 4.69) is 14.9 Å². The van der Waals surface area contributed by atoms with Crippen LogP contribution in [0, 0.1) is 0 Å². The van der Waals surface area contributed by atoms with Crippen LogP contribution in [0.5, 0.6) is 0 Å². The number of hydrogen-bond donors (Lipinski definition) is 1. The summed E-state index contributed by atoms with van der Waals surface area (Å²) >= 11 is 5.80. The molecule has 0 aliphatic rings. The van der Waals surface area contributed by atoms with E-state index in [0.717, 1.165) is 5.56 Å². The van der Waals surface area contributed by atoms with Gasteiger partial charge in [0, 0.05) is 28.5 Å². The standard InChI is InChI=1S/C18H14ClN3O2S/c19-16-8-10-17(11-9-16)25(23,24)22-21-18(14-5-2-1-3-6-14)15-7-4-12-20-13-15/h1-13,22H/b21-18+. The van der Waals surface area contributed by atoms with Gasteiger partial charge in [-0.25, -0.2) is 0 Å². The van der Waals surface area contributed by atoms with Crippen molar-refractivity contribution < 1.29 is 8.42 Å². The maximum Gasteiger partial charge on any atom is 0.276 e. The minimum atomic E-state index is -3.80. The first-order valence-corrected chi connectivity index (χ1v) is 9.23. The van der Waals surface area contributed by atoms with Crippen LogP contribution >= 0.6 is 11.6 Å². The Balaban J connectivity index is 1.98. The molecule has 0 amide bonds. The Hall–Kier alpha value is -2.70. The average molecular weight is 372 g/mol. The van der Waals surface area contributed by atoms with E-state index < -0.39 is 10.0 Å². The monoisotopic (exact) mass is 371 g/mol. The molecule has 126 valence electrons. The smallest absolute Gasteiger partial charge is 0.264 e. The molecule has 1 heterocycles. The molecule has 0 aliphatic carbocycles. The van der Waals surface area contributed by atoms with Gasteiger partial charge in [0.05, 0.1) is 4.90 Å². The summed E-state index contributed by atoms with van der Waals surface area (Å²) in [5, 5.41) is 4.60. The molecule has 1 N–H and O–H groups in total.